The van der Waals surface area contributed by atoms with Crippen molar-refractivity contribution in [2.24, 2.45) is 0 Å². The molecule has 0 atom stereocenters. The van der Waals surface area contributed by atoms with Crippen LogP contribution in [-0.4, -0.2) is 0 Å². The first-order valence-electron chi connectivity index (χ1n) is 19.9. The maximum absolute atomic E-state index is 7.00. The Morgan fingerprint density at radius 3 is 0.885 bits per heavy atom. The summed E-state index contributed by atoms with van der Waals surface area (Å²) in [6, 6.07) is 19.2. The Hall–Kier alpha value is -3.92. The van der Waals surface area contributed by atoms with Crippen molar-refractivity contribution in [1.82, 2.24) is 0 Å². The number of hydrogen-bond donors (Lipinski definition) is 4. The largest absolute Gasteiger partial charge is 0.398 e. The van der Waals surface area contributed by atoms with E-state index < -0.39 is 0 Å². The fourth-order valence-corrected chi connectivity index (χ4v) is 8.24. The molecule has 0 heterocycles. The molecule has 4 aromatic rings. The maximum Gasteiger partial charge on any atom is 0.0384 e. The molecule has 0 aliphatic rings. The highest BCUT2D eigenvalue weighted by molar-refractivity contribution is 5.66. The molecule has 0 unspecified atom stereocenters. The first-order chi connectivity index (χ1) is 24.2. The summed E-state index contributed by atoms with van der Waals surface area (Å²) in [7, 11) is 0. The van der Waals surface area contributed by atoms with E-state index in [-0.39, 0.29) is 34.5 Å². The van der Waals surface area contributed by atoms with Gasteiger partial charge < -0.3 is 22.9 Å². The summed E-state index contributed by atoms with van der Waals surface area (Å²) in [4.78, 5) is 0. The average molecular weight is 703 g/mol. The Morgan fingerprint density at radius 1 is 0.404 bits per heavy atom. The first-order valence-corrected chi connectivity index (χ1v) is 19.9. The van der Waals surface area contributed by atoms with Crippen molar-refractivity contribution >= 4 is 22.7 Å². The molecular weight excluding hydrogens is 633 g/mol. The van der Waals surface area contributed by atoms with Gasteiger partial charge in [-0.1, -0.05) is 145 Å². The molecule has 8 N–H and O–H groups in total. The molecule has 0 fully saturated rings. The molecule has 0 spiro atoms. The molecule has 282 valence electrons. The van der Waals surface area contributed by atoms with Gasteiger partial charge in [0.25, 0.3) is 0 Å². The van der Waals surface area contributed by atoms with E-state index in [0.29, 0.717) is 0 Å². The van der Waals surface area contributed by atoms with Crippen LogP contribution in [0.5, 0.6) is 0 Å². The molecule has 52 heavy (non-hydrogen) atoms. The van der Waals surface area contributed by atoms with E-state index in [9.17, 15) is 0 Å². The zero-order valence-electron chi connectivity index (χ0n) is 35.1. The van der Waals surface area contributed by atoms with Crippen LogP contribution in [0, 0.1) is 0 Å². The maximum atomic E-state index is 7.00. The predicted octanol–water partition coefficient (Wildman–Crippen LogP) is 12.1. The molecule has 0 radical (unpaired) electrons. The molecule has 4 heteroatoms. The standard InChI is InChI=1S/C48H70N4/c1-15-29-19-33(23-37(27(5)6)43(29)49)41(34-20-30(16-2)44(50)38(24-34)28(7)8)42(35-21-31(17-3)45(51)39(25-35)47(9,10)11)36-22-32(18-4)46(52)40(26-36)48(12,13)14/h19-28,41-42H,15-18,49-52H2,1-14H3. The second-order valence-corrected chi connectivity index (χ2v) is 17.8. The van der Waals surface area contributed by atoms with E-state index in [1.807, 2.05) is 0 Å². The van der Waals surface area contributed by atoms with Gasteiger partial charge in [-0.15, -0.1) is 0 Å². The van der Waals surface area contributed by atoms with Gasteiger partial charge in [-0.05, 0) is 115 Å². The summed E-state index contributed by atoms with van der Waals surface area (Å²) in [5.41, 5.74) is 45.9. The highest BCUT2D eigenvalue weighted by atomic mass is 14.6. The minimum absolute atomic E-state index is 0.0471. The summed E-state index contributed by atoms with van der Waals surface area (Å²) in [6.45, 7) is 31.5. The van der Waals surface area contributed by atoms with Crippen LogP contribution in [0.4, 0.5) is 22.7 Å². The van der Waals surface area contributed by atoms with Crippen LogP contribution in [0.25, 0.3) is 0 Å². The van der Waals surface area contributed by atoms with Crippen LogP contribution in [0.15, 0.2) is 48.5 Å². The van der Waals surface area contributed by atoms with Gasteiger partial charge in [0.1, 0.15) is 0 Å². The van der Waals surface area contributed by atoms with Crippen LogP contribution < -0.4 is 22.9 Å². The predicted molar refractivity (Wildman–Crippen MR) is 230 cm³/mol. The highest BCUT2D eigenvalue weighted by Crippen LogP contribution is 2.49. The molecule has 0 aliphatic heterocycles. The zero-order chi connectivity index (χ0) is 39.0. The number of anilines is 4. The lowest BCUT2D eigenvalue weighted by atomic mass is 9.69. The van der Waals surface area contributed by atoms with Gasteiger partial charge >= 0.3 is 0 Å². The van der Waals surface area contributed by atoms with Crippen molar-refractivity contribution in [2.75, 3.05) is 22.9 Å². The van der Waals surface area contributed by atoms with Gasteiger partial charge in [-0.3, -0.25) is 0 Å². The molecule has 0 amide bonds. The highest BCUT2D eigenvalue weighted by Gasteiger charge is 2.34. The SMILES string of the molecule is CCc1cc(C(c2cc(CC)c(N)c(C(C)C)c2)C(c2cc(CC)c(N)c(C(C)(C)C)c2)c2cc(CC)c(N)c(C(C)(C)C)c2)cc(C(C)C)c1N. The number of benzene rings is 4. The Balaban J connectivity index is 2.34. The Bertz CT molecular complexity index is 1760. The van der Waals surface area contributed by atoms with Gasteiger partial charge in [-0.2, -0.15) is 0 Å². The molecule has 0 saturated carbocycles. The van der Waals surface area contributed by atoms with E-state index in [1.54, 1.807) is 0 Å². The van der Waals surface area contributed by atoms with Crippen molar-refractivity contribution in [2.45, 2.75) is 157 Å². The topological polar surface area (TPSA) is 104 Å². The minimum Gasteiger partial charge on any atom is -0.398 e. The lowest BCUT2D eigenvalue weighted by Crippen LogP contribution is -2.22. The molecule has 0 aliphatic carbocycles. The molecular formula is C48H70N4. The quantitative estimate of drug-likeness (QED) is 0.117. The summed E-state index contributed by atoms with van der Waals surface area (Å²) in [6.07, 6.45) is 3.44. The van der Waals surface area contributed by atoms with Gasteiger partial charge in [0.05, 0.1) is 0 Å². The number of aryl methyl sites for hydroxylation is 4. The van der Waals surface area contributed by atoms with E-state index >= 15 is 0 Å². The lowest BCUT2D eigenvalue weighted by molar-refractivity contribution is 0.585. The number of rotatable bonds is 11. The minimum atomic E-state index is -0.140. The van der Waals surface area contributed by atoms with Gasteiger partial charge in [0.2, 0.25) is 0 Å². The van der Waals surface area contributed by atoms with Crippen molar-refractivity contribution in [1.29, 1.82) is 0 Å². The third-order valence-electron chi connectivity index (χ3n) is 11.4. The number of hydrogen-bond acceptors (Lipinski definition) is 4. The Morgan fingerprint density at radius 2 is 0.654 bits per heavy atom. The lowest BCUT2D eigenvalue weighted by Gasteiger charge is -2.35. The molecule has 0 bridgehead atoms. The first kappa shape index (κ1) is 40.8. The molecule has 0 aromatic heterocycles. The smallest absolute Gasteiger partial charge is 0.0384 e. The zero-order valence-corrected chi connectivity index (χ0v) is 35.1. The van der Waals surface area contributed by atoms with E-state index in [2.05, 4.69) is 145 Å². The van der Waals surface area contributed by atoms with Gasteiger partial charge in [0, 0.05) is 34.6 Å². The summed E-state index contributed by atoms with van der Waals surface area (Å²) < 4.78 is 0. The van der Waals surface area contributed by atoms with E-state index in [4.69, 9.17) is 22.9 Å². The third-order valence-corrected chi connectivity index (χ3v) is 11.4. The molecule has 4 rings (SSSR count). The fourth-order valence-electron chi connectivity index (χ4n) is 8.24. The second kappa shape index (κ2) is 15.6. The summed E-state index contributed by atoms with van der Waals surface area (Å²) >= 11 is 0. The van der Waals surface area contributed by atoms with Crippen molar-refractivity contribution in [3.63, 3.8) is 0 Å². The van der Waals surface area contributed by atoms with E-state index in [1.165, 1.54) is 66.8 Å². The van der Waals surface area contributed by atoms with Crippen LogP contribution in [0.2, 0.25) is 0 Å². The monoisotopic (exact) mass is 703 g/mol. The number of nitrogens with two attached hydrogens (primary N) is 4. The van der Waals surface area contributed by atoms with Crippen LogP contribution in [-0.2, 0) is 36.5 Å². The second-order valence-electron chi connectivity index (χ2n) is 17.8. The third kappa shape index (κ3) is 8.02. The van der Waals surface area contributed by atoms with Gasteiger partial charge in [-0.25, -0.2) is 0 Å². The normalized spacial score (nSPS) is 12.6. The van der Waals surface area contributed by atoms with Crippen molar-refractivity contribution < 1.29 is 0 Å². The average Bonchev–Trinajstić information content (AvgIpc) is 3.06. The van der Waals surface area contributed by atoms with E-state index in [0.717, 1.165) is 48.4 Å². The molecule has 0 saturated heterocycles. The van der Waals surface area contributed by atoms with Crippen LogP contribution in [0.1, 0.15) is 187 Å². The summed E-state index contributed by atoms with van der Waals surface area (Å²) in [5.74, 6) is 0.453. The number of nitrogen functional groups attached to an aromatic ring is 4. The summed E-state index contributed by atoms with van der Waals surface area (Å²) in [5, 5.41) is 0. The van der Waals surface area contributed by atoms with Crippen molar-refractivity contribution in [3.8, 4) is 0 Å². The van der Waals surface area contributed by atoms with Crippen molar-refractivity contribution in [3.05, 3.63) is 115 Å². The molecule has 4 aromatic carbocycles. The fraction of sp³-hybridized carbons (Fsp3) is 0.500. The Labute approximate surface area is 317 Å². The van der Waals surface area contributed by atoms with Crippen LogP contribution in [0.3, 0.4) is 0 Å². The van der Waals surface area contributed by atoms with Gasteiger partial charge in [0.15, 0.2) is 0 Å². The Kier molecular flexibility index (Phi) is 12.2. The molecule has 4 nitrogen and oxygen atoms in total. The van der Waals surface area contributed by atoms with Crippen LogP contribution >= 0.6 is 0 Å².